The van der Waals surface area contributed by atoms with Gasteiger partial charge in [-0.1, -0.05) is 24.3 Å². The summed E-state index contributed by atoms with van der Waals surface area (Å²) in [4.78, 5) is 28.0. The second kappa shape index (κ2) is 6.97. The molecule has 0 bridgehead atoms. The fourth-order valence-electron chi connectivity index (χ4n) is 5.13. The third-order valence-electron chi connectivity index (χ3n) is 7.26. The minimum absolute atomic E-state index is 0.0200. The summed E-state index contributed by atoms with van der Waals surface area (Å²) in [6.07, 6.45) is -2.57. The summed E-state index contributed by atoms with van der Waals surface area (Å²) in [5, 5.41) is 0. The molecule has 1 saturated carbocycles. The third-order valence-corrected chi connectivity index (χ3v) is 7.26. The smallest absolute Gasteiger partial charge is 0.370 e. The van der Waals surface area contributed by atoms with Gasteiger partial charge in [0.05, 0.1) is 11.5 Å². The number of amides is 2. The van der Waals surface area contributed by atoms with Gasteiger partial charge in [0.2, 0.25) is 0 Å². The van der Waals surface area contributed by atoms with Crippen molar-refractivity contribution in [1.29, 1.82) is 0 Å². The van der Waals surface area contributed by atoms with E-state index in [9.17, 15) is 22.8 Å². The maximum absolute atomic E-state index is 13.3. The molecule has 1 aromatic carbocycles. The molecule has 162 valence electrons. The van der Waals surface area contributed by atoms with E-state index >= 15 is 0 Å². The molecule has 0 aromatic heterocycles. The number of benzene rings is 1. The molecule has 3 aliphatic heterocycles. The Hall–Kier alpha value is -2.09. The lowest BCUT2D eigenvalue weighted by Crippen LogP contribution is -2.58. The molecule has 8 heteroatoms. The van der Waals surface area contributed by atoms with Crippen LogP contribution in [0.3, 0.4) is 0 Å². The molecule has 0 spiro atoms. The Morgan fingerprint density at radius 3 is 2.40 bits per heavy atom. The minimum Gasteiger partial charge on any atom is -0.370 e. The van der Waals surface area contributed by atoms with Crippen LogP contribution in [-0.2, 0) is 14.9 Å². The van der Waals surface area contributed by atoms with Crippen molar-refractivity contribution in [3.05, 3.63) is 35.4 Å². The lowest BCUT2D eigenvalue weighted by molar-refractivity contribution is -0.160. The standard InChI is InChI=1S/C22H25F3N2O3/c23-22(24,25)21(6-7-21)17-3-1-14(2-4-17)16-11-27(12-16)20(29)26-8-5-19-15(10-26)9-18(28)13-30-19/h1-4,15-16,19H,5-13H2/t15-,19+/m1/s1. The number of ether oxygens (including phenoxy) is 1. The minimum atomic E-state index is -4.20. The molecule has 3 saturated heterocycles. The normalized spacial score (nSPS) is 28.7. The van der Waals surface area contributed by atoms with Crippen molar-refractivity contribution in [2.75, 3.05) is 32.8 Å². The summed E-state index contributed by atoms with van der Waals surface area (Å²) >= 11 is 0. The number of piperidine rings is 1. The van der Waals surface area contributed by atoms with Crippen molar-refractivity contribution in [3.8, 4) is 0 Å². The van der Waals surface area contributed by atoms with Gasteiger partial charge < -0.3 is 14.5 Å². The first-order valence-electron chi connectivity index (χ1n) is 10.6. The van der Waals surface area contributed by atoms with Crippen LogP contribution in [0, 0.1) is 5.92 Å². The molecule has 4 fully saturated rings. The third kappa shape index (κ3) is 3.29. The Balaban J connectivity index is 1.17. The second-order valence-electron chi connectivity index (χ2n) is 9.17. The highest BCUT2D eigenvalue weighted by molar-refractivity contribution is 5.81. The summed E-state index contributed by atoms with van der Waals surface area (Å²) in [7, 11) is 0. The summed E-state index contributed by atoms with van der Waals surface area (Å²) in [6, 6.07) is 6.75. The molecule has 2 atom stereocenters. The number of hydrogen-bond donors (Lipinski definition) is 0. The number of ketones is 1. The SMILES string of the molecule is O=C1CO[C@H]2CCN(C(=O)N3CC(c4ccc(C5(C(F)(F)F)CC5)cc4)C3)C[C@H]2C1. The van der Waals surface area contributed by atoms with Crippen LogP contribution in [0.4, 0.5) is 18.0 Å². The Kier molecular flexibility index (Phi) is 4.61. The number of rotatable bonds is 2. The molecular formula is C22H25F3N2O3. The summed E-state index contributed by atoms with van der Waals surface area (Å²) < 4.78 is 45.4. The van der Waals surface area contributed by atoms with Crippen molar-refractivity contribution in [1.82, 2.24) is 9.80 Å². The summed E-state index contributed by atoms with van der Waals surface area (Å²) in [5.41, 5.74) is -0.326. The van der Waals surface area contributed by atoms with Crippen LogP contribution in [0.2, 0.25) is 0 Å². The topological polar surface area (TPSA) is 49.9 Å². The Bertz CT molecular complexity index is 844. The van der Waals surface area contributed by atoms with Gasteiger partial charge in [0.1, 0.15) is 6.61 Å². The van der Waals surface area contributed by atoms with Crippen LogP contribution < -0.4 is 0 Å². The van der Waals surface area contributed by atoms with Crippen LogP contribution in [0.1, 0.15) is 42.7 Å². The maximum Gasteiger partial charge on any atom is 0.398 e. The van der Waals surface area contributed by atoms with Gasteiger partial charge in [0.25, 0.3) is 0 Å². The number of hydrogen-bond acceptors (Lipinski definition) is 3. The molecule has 5 rings (SSSR count). The number of urea groups is 1. The highest BCUT2D eigenvalue weighted by atomic mass is 19.4. The fraction of sp³-hybridized carbons (Fsp3) is 0.636. The van der Waals surface area contributed by atoms with Gasteiger partial charge in [-0.2, -0.15) is 13.2 Å². The van der Waals surface area contributed by atoms with Gasteiger partial charge in [-0.3, -0.25) is 4.79 Å². The Morgan fingerprint density at radius 2 is 1.77 bits per heavy atom. The van der Waals surface area contributed by atoms with E-state index in [1.165, 1.54) is 0 Å². The van der Waals surface area contributed by atoms with Crippen molar-refractivity contribution < 1.29 is 27.5 Å². The fourth-order valence-corrected chi connectivity index (χ4v) is 5.13. The number of likely N-dealkylation sites (tertiary alicyclic amines) is 2. The van der Waals surface area contributed by atoms with Gasteiger partial charge in [-0.05, 0) is 30.4 Å². The van der Waals surface area contributed by atoms with Gasteiger partial charge in [0.15, 0.2) is 5.78 Å². The van der Waals surface area contributed by atoms with Crippen molar-refractivity contribution >= 4 is 11.8 Å². The number of halogens is 3. The average molecular weight is 422 g/mol. The van der Waals surface area contributed by atoms with Crippen molar-refractivity contribution in [2.24, 2.45) is 5.92 Å². The molecular weight excluding hydrogens is 397 g/mol. The molecule has 30 heavy (non-hydrogen) atoms. The molecule has 2 amide bonds. The van der Waals surface area contributed by atoms with Crippen LogP contribution in [-0.4, -0.2) is 66.7 Å². The van der Waals surface area contributed by atoms with E-state index in [2.05, 4.69) is 0 Å². The highest BCUT2D eigenvalue weighted by Gasteiger charge is 2.64. The Labute approximate surface area is 173 Å². The number of carbonyl (C=O) groups is 2. The quantitative estimate of drug-likeness (QED) is 0.733. The largest absolute Gasteiger partial charge is 0.398 e. The van der Waals surface area contributed by atoms with Crippen LogP contribution >= 0.6 is 0 Å². The molecule has 1 aromatic rings. The zero-order valence-corrected chi connectivity index (χ0v) is 16.7. The second-order valence-corrected chi connectivity index (χ2v) is 9.17. The van der Waals surface area contributed by atoms with E-state index in [4.69, 9.17) is 4.74 Å². The number of carbonyl (C=O) groups excluding carboxylic acids is 2. The lowest BCUT2D eigenvalue weighted by Gasteiger charge is -2.46. The molecule has 3 heterocycles. The maximum atomic E-state index is 13.3. The monoisotopic (exact) mass is 422 g/mol. The van der Waals surface area contributed by atoms with E-state index in [0.29, 0.717) is 38.2 Å². The molecule has 0 N–H and O–H groups in total. The number of nitrogens with zero attached hydrogens (tertiary/aromatic N) is 2. The Morgan fingerprint density at radius 1 is 1.07 bits per heavy atom. The first kappa shape index (κ1) is 19.8. The average Bonchev–Trinajstić information content (AvgIpc) is 3.49. The predicted octanol–water partition coefficient (Wildman–Crippen LogP) is 3.48. The van der Waals surface area contributed by atoms with E-state index in [1.54, 1.807) is 29.2 Å². The van der Waals surface area contributed by atoms with E-state index in [0.717, 1.165) is 12.0 Å². The first-order valence-corrected chi connectivity index (χ1v) is 10.6. The zero-order chi connectivity index (χ0) is 21.1. The van der Waals surface area contributed by atoms with Crippen LogP contribution in [0.25, 0.3) is 0 Å². The van der Waals surface area contributed by atoms with Gasteiger partial charge in [0, 0.05) is 44.4 Å². The van der Waals surface area contributed by atoms with Crippen molar-refractivity contribution in [2.45, 2.75) is 49.3 Å². The predicted molar refractivity (Wildman–Crippen MR) is 102 cm³/mol. The number of alkyl halides is 3. The summed E-state index contributed by atoms with van der Waals surface area (Å²) in [5.74, 6) is 0.328. The lowest BCUT2D eigenvalue weighted by atomic mass is 9.87. The molecule has 1 aliphatic carbocycles. The van der Waals surface area contributed by atoms with E-state index in [1.807, 2.05) is 4.90 Å². The first-order chi connectivity index (χ1) is 14.3. The molecule has 5 nitrogen and oxygen atoms in total. The van der Waals surface area contributed by atoms with Gasteiger partial charge in [-0.25, -0.2) is 4.79 Å². The van der Waals surface area contributed by atoms with E-state index < -0.39 is 11.6 Å². The van der Waals surface area contributed by atoms with E-state index in [-0.39, 0.29) is 49.2 Å². The highest BCUT2D eigenvalue weighted by Crippen LogP contribution is 2.58. The number of Topliss-reactive ketones (excluding diaryl/α,β-unsaturated/α-hetero) is 1. The van der Waals surface area contributed by atoms with Crippen molar-refractivity contribution in [3.63, 3.8) is 0 Å². The van der Waals surface area contributed by atoms with Gasteiger partial charge in [-0.15, -0.1) is 0 Å². The molecule has 0 unspecified atom stereocenters. The molecule has 4 aliphatic rings. The van der Waals surface area contributed by atoms with Crippen LogP contribution in [0.5, 0.6) is 0 Å². The zero-order valence-electron chi connectivity index (χ0n) is 16.7. The molecule has 0 radical (unpaired) electrons. The van der Waals surface area contributed by atoms with Crippen LogP contribution in [0.15, 0.2) is 24.3 Å². The number of fused-ring (bicyclic) bond motifs is 1. The summed E-state index contributed by atoms with van der Waals surface area (Å²) in [6.45, 7) is 2.51. The van der Waals surface area contributed by atoms with Gasteiger partial charge >= 0.3 is 12.2 Å².